The number of hydrogen-bond acceptors (Lipinski definition) is 3. The van der Waals surface area contributed by atoms with E-state index in [2.05, 4.69) is 18.7 Å². The summed E-state index contributed by atoms with van der Waals surface area (Å²) in [4.78, 5) is 2.59. The fourth-order valence-electron chi connectivity index (χ4n) is 2.89. The predicted octanol–water partition coefficient (Wildman–Crippen LogP) is 1.90. The molecule has 3 heteroatoms. The van der Waals surface area contributed by atoms with Crippen LogP contribution >= 0.6 is 0 Å². The van der Waals surface area contributed by atoms with Gasteiger partial charge in [-0.05, 0) is 31.6 Å². The van der Waals surface area contributed by atoms with Crippen molar-refractivity contribution in [2.24, 2.45) is 11.3 Å². The summed E-state index contributed by atoms with van der Waals surface area (Å²) in [6.45, 7) is 8.62. The Morgan fingerprint density at radius 1 is 1.41 bits per heavy atom. The maximum atomic E-state index is 9.72. The van der Waals surface area contributed by atoms with E-state index < -0.39 is 0 Å². The van der Waals surface area contributed by atoms with Gasteiger partial charge in [0, 0.05) is 31.2 Å². The highest BCUT2D eigenvalue weighted by atomic mass is 16.5. The molecule has 0 aromatic rings. The Morgan fingerprint density at radius 2 is 2.18 bits per heavy atom. The molecule has 1 saturated carbocycles. The minimum absolute atomic E-state index is 0.00965. The first-order valence-corrected chi connectivity index (χ1v) is 7.08. The summed E-state index contributed by atoms with van der Waals surface area (Å²) in [6.07, 6.45) is 4.90. The van der Waals surface area contributed by atoms with Gasteiger partial charge < -0.3 is 9.84 Å². The van der Waals surface area contributed by atoms with Crippen molar-refractivity contribution in [3.8, 4) is 0 Å². The standard InChI is InChI=1S/C14H27NO2/c1-12(2)8-15(13-4-5-13)9-14(10-16)6-3-7-17-11-14/h12-13,16H,3-11H2,1-2H3. The summed E-state index contributed by atoms with van der Waals surface area (Å²) in [5, 5.41) is 9.72. The number of hydrogen-bond donors (Lipinski definition) is 1. The molecule has 0 aromatic heterocycles. The molecule has 1 unspecified atom stereocenters. The fraction of sp³-hybridized carbons (Fsp3) is 1.00. The van der Waals surface area contributed by atoms with Gasteiger partial charge in [0.1, 0.15) is 0 Å². The Kier molecular flexibility index (Phi) is 4.45. The normalized spacial score (nSPS) is 30.2. The molecular weight excluding hydrogens is 214 g/mol. The van der Waals surface area contributed by atoms with Crippen molar-refractivity contribution in [2.45, 2.75) is 45.6 Å². The van der Waals surface area contributed by atoms with E-state index in [0.717, 1.165) is 45.2 Å². The molecular formula is C14H27NO2. The molecule has 17 heavy (non-hydrogen) atoms. The first kappa shape index (κ1) is 13.3. The molecule has 1 aliphatic heterocycles. The molecule has 1 aliphatic carbocycles. The van der Waals surface area contributed by atoms with Crippen molar-refractivity contribution in [2.75, 3.05) is 32.9 Å². The third-order valence-corrected chi connectivity index (χ3v) is 3.94. The van der Waals surface area contributed by atoms with Gasteiger partial charge in [-0.1, -0.05) is 13.8 Å². The largest absolute Gasteiger partial charge is 0.396 e. The van der Waals surface area contributed by atoms with Crippen LogP contribution in [0.5, 0.6) is 0 Å². The zero-order chi connectivity index (χ0) is 12.3. The van der Waals surface area contributed by atoms with E-state index in [4.69, 9.17) is 4.74 Å². The van der Waals surface area contributed by atoms with E-state index in [1.165, 1.54) is 12.8 Å². The molecule has 1 saturated heterocycles. The number of rotatable bonds is 6. The topological polar surface area (TPSA) is 32.7 Å². The Morgan fingerprint density at radius 3 is 2.65 bits per heavy atom. The van der Waals surface area contributed by atoms with Crippen LogP contribution in [0.3, 0.4) is 0 Å². The zero-order valence-corrected chi connectivity index (χ0v) is 11.3. The average Bonchev–Trinajstić information content (AvgIpc) is 3.13. The maximum Gasteiger partial charge on any atom is 0.0556 e. The Bertz CT molecular complexity index is 232. The van der Waals surface area contributed by atoms with Gasteiger partial charge in [0.15, 0.2) is 0 Å². The van der Waals surface area contributed by atoms with Crippen LogP contribution in [0, 0.1) is 11.3 Å². The molecule has 0 radical (unpaired) electrons. The van der Waals surface area contributed by atoms with Gasteiger partial charge in [-0.3, -0.25) is 4.90 Å². The van der Waals surface area contributed by atoms with Crippen LogP contribution < -0.4 is 0 Å². The summed E-state index contributed by atoms with van der Waals surface area (Å²) in [5.41, 5.74) is 0.00965. The van der Waals surface area contributed by atoms with Gasteiger partial charge in [0.25, 0.3) is 0 Å². The first-order chi connectivity index (χ1) is 8.15. The number of aliphatic hydroxyl groups excluding tert-OH is 1. The second kappa shape index (κ2) is 5.68. The van der Waals surface area contributed by atoms with Gasteiger partial charge >= 0.3 is 0 Å². The summed E-state index contributed by atoms with van der Waals surface area (Å²) >= 11 is 0. The van der Waals surface area contributed by atoms with E-state index in [0.29, 0.717) is 5.92 Å². The highest BCUT2D eigenvalue weighted by Crippen LogP contribution is 2.34. The third-order valence-electron chi connectivity index (χ3n) is 3.94. The van der Waals surface area contributed by atoms with Gasteiger partial charge in [-0.15, -0.1) is 0 Å². The lowest BCUT2D eigenvalue weighted by Crippen LogP contribution is -2.47. The van der Waals surface area contributed by atoms with E-state index in [1.54, 1.807) is 0 Å². The molecule has 2 rings (SSSR count). The van der Waals surface area contributed by atoms with E-state index in [9.17, 15) is 5.11 Å². The van der Waals surface area contributed by atoms with Crippen LogP contribution in [0.4, 0.5) is 0 Å². The monoisotopic (exact) mass is 241 g/mol. The summed E-state index contributed by atoms with van der Waals surface area (Å²) < 4.78 is 5.60. The highest BCUT2D eigenvalue weighted by molar-refractivity contribution is 4.91. The third kappa shape index (κ3) is 3.67. The van der Waals surface area contributed by atoms with Crippen LogP contribution in [0.1, 0.15) is 39.5 Å². The maximum absolute atomic E-state index is 9.72. The van der Waals surface area contributed by atoms with Crippen molar-refractivity contribution in [1.29, 1.82) is 0 Å². The Labute approximate surface area is 105 Å². The van der Waals surface area contributed by atoms with Crippen molar-refractivity contribution < 1.29 is 9.84 Å². The second-order valence-corrected chi connectivity index (χ2v) is 6.37. The minimum atomic E-state index is 0.00965. The SMILES string of the molecule is CC(C)CN(CC1(CO)CCCOC1)C1CC1. The molecule has 0 amide bonds. The zero-order valence-electron chi connectivity index (χ0n) is 11.3. The van der Waals surface area contributed by atoms with Crippen molar-refractivity contribution in [3.05, 3.63) is 0 Å². The molecule has 0 bridgehead atoms. The molecule has 0 spiro atoms. The van der Waals surface area contributed by atoms with E-state index >= 15 is 0 Å². The number of nitrogens with zero attached hydrogens (tertiary/aromatic N) is 1. The quantitative estimate of drug-likeness (QED) is 0.771. The molecule has 100 valence electrons. The molecule has 1 atom stereocenters. The van der Waals surface area contributed by atoms with Crippen LogP contribution in [0.25, 0.3) is 0 Å². The van der Waals surface area contributed by atoms with E-state index in [-0.39, 0.29) is 12.0 Å². The molecule has 3 nitrogen and oxygen atoms in total. The average molecular weight is 241 g/mol. The summed E-state index contributed by atoms with van der Waals surface area (Å²) in [7, 11) is 0. The molecule has 1 N–H and O–H groups in total. The van der Waals surface area contributed by atoms with Crippen molar-refractivity contribution >= 4 is 0 Å². The van der Waals surface area contributed by atoms with Crippen LogP contribution in [0.2, 0.25) is 0 Å². The first-order valence-electron chi connectivity index (χ1n) is 7.08. The van der Waals surface area contributed by atoms with Gasteiger partial charge in [-0.25, -0.2) is 0 Å². The van der Waals surface area contributed by atoms with Gasteiger partial charge in [0.05, 0.1) is 13.2 Å². The highest BCUT2D eigenvalue weighted by Gasteiger charge is 2.38. The molecule has 2 aliphatic rings. The summed E-state index contributed by atoms with van der Waals surface area (Å²) in [6, 6.07) is 0.780. The minimum Gasteiger partial charge on any atom is -0.396 e. The lowest BCUT2D eigenvalue weighted by molar-refractivity contribution is -0.0577. The Hall–Kier alpha value is -0.120. The summed E-state index contributed by atoms with van der Waals surface area (Å²) in [5.74, 6) is 0.704. The van der Waals surface area contributed by atoms with Crippen LogP contribution in [0.15, 0.2) is 0 Å². The van der Waals surface area contributed by atoms with Crippen molar-refractivity contribution in [3.63, 3.8) is 0 Å². The van der Waals surface area contributed by atoms with Crippen molar-refractivity contribution in [1.82, 2.24) is 4.90 Å². The lowest BCUT2D eigenvalue weighted by Gasteiger charge is -2.40. The molecule has 1 heterocycles. The van der Waals surface area contributed by atoms with E-state index in [1.807, 2.05) is 0 Å². The predicted molar refractivity (Wildman–Crippen MR) is 69.0 cm³/mol. The fourth-order valence-corrected chi connectivity index (χ4v) is 2.89. The van der Waals surface area contributed by atoms with Gasteiger partial charge in [-0.2, -0.15) is 0 Å². The number of ether oxygens (including phenoxy) is 1. The van der Waals surface area contributed by atoms with Gasteiger partial charge in [0.2, 0.25) is 0 Å². The van der Waals surface area contributed by atoms with Crippen LogP contribution in [-0.2, 0) is 4.74 Å². The Balaban J connectivity index is 1.94. The smallest absolute Gasteiger partial charge is 0.0556 e. The molecule has 2 fully saturated rings. The van der Waals surface area contributed by atoms with Crippen LogP contribution in [-0.4, -0.2) is 49.0 Å². The number of aliphatic hydroxyl groups is 1. The molecule has 0 aromatic carbocycles. The lowest BCUT2D eigenvalue weighted by atomic mass is 9.82. The second-order valence-electron chi connectivity index (χ2n) is 6.37.